The topological polar surface area (TPSA) is 109 Å². The zero-order valence-corrected chi connectivity index (χ0v) is 19.9. The van der Waals surface area contributed by atoms with Gasteiger partial charge in [0.1, 0.15) is 28.5 Å². The Balaban J connectivity index is 1.39. The first-order valence-electron chi connectivity index (χ1n) is 11.5. The third-order valence-electron chi connectivity index (χ3n) is 5.81. The minimum atomic E-state index is -4.89. The quantitative estimate of drug-likeness (QED) is 0.434. The van der Waals surface area contributed by atoms with Crippen molar-refractivity contribution in [3.63, 3.8) is 0 Å². The molecule has 0 bridgehead atoms. The molecule has 1 saturated heterocycles. The molecule has 0 radical (unpaired) electrons. The zero-order chi connectivity index (χ0) is 26.3. The van der Waals surface area contributed by atoms with Crippen LogP contribution in [0.2, 0.25) is 0 Å². The van der Waals surface area contributed by atoms with E-state index >= 15 is 0 Å². The Morgan fingerprint density at radius 1 is 1.14 bits per heavy atom. The van der Waals surface area contributed by atoms with Gasteiger partial charge in [-0.15, -0.1) is 0 Å². The van der Waals surface area contributed by atoms with Crippen molar-refractivity contribution in [1.29, 1.82) is 0 Å². The van der Waals surface area contributed by atoms with Crippen LogP contribution in [-0.2, 0) is 4.79 Å². The highest BCUT2D eigenvalue weighted by atomic mass is 19.4. The summed E-state index contributed by atoms with van der Waals surface area (Å²) in [7, 11) is 0. The predicted octanol–water partition coefficient (Wildman–Crippen LogP) is 2.63. The molecule has 194 valence electrons. The average molecular weight is 516 g/mol. The third kappa shape index (κ3) is 4.86. The number of hydrogen-bond acceptors (Lipinski definition) is 7. The van der Waals surface area contributed by atoms with Crippen LogP contribution in [0.4, 0.5) is 24.7 Å². The minimum Gasteiger partial charge on any atom is -0.489 e. The SMILES string of the molecule is CC(C)Oc1cc2nc(N3CCN(C(=O)C(F)(F)F)CC3)cn2cc1NC(=O)c1cnn2cccnc12. The van der Waals surface area contributed by atoms with E-state index in [4.69, 9.17) is 4.74 Å². The summed E-state index contributed by atoms with van der Waals surface area (Å²) in [5, 5.41) is 6.99. The summed E-state index contributed by atoms with van der Waals surface area (Å²) in [5.41, 5.74) is 1.61. The van der Waals surface area contributed by atoms with Gasteiger partial charge in [-0.05, 0) is 19.9 Å². The van der Waals surface area contributed by atoms with Crippen molar-refractivity contribution in [3.05, 3.63) is 48.7 Å². The molecule has 1 aliphatic heterocycles. The fourth-order valence-electron chi connectivity index (χ4n) is 4.10. The van der Waals surface area contributed by atoms with Gasteiger partial charge in [0, 0.05) is 50.8 Å². The van der Waals surface area contributed by atoms with Gasteiger partial charge in [0.05, 0.1) is 18.5 Å². The molecule has 2 amide bonds. The number of piperazine rings is 1. The number of imidazole rings is 1. The average Bonchev–Trinajstić information content (AvgIpc) is 3.47. The number of aromatic nitrogens is 5. The van der Waals surface area contributed by atoms with Gasteiger partial charge in [0.25, 0.3) is 5.91 Å². The molecular weight excluding hydrogens is 493 g/mol. The van der Waals surface area contributed by atoms with E-state index in [0.29, 0.717) is 28.5 Å². The van der Waals surface area contributed by atoms with E-state index in [1.165, 1.54) is 10.7 Å². The third-order valence-corrected chi connectivity index (χ3v) is 5.81. The molecule has 0 saturated carbocycles. The number of alkyl halides is 3. The first-order chi connectivity index (χ1) is 17.6. The lowest BCUT2D eigenvalue weighted by molar-refractivity contribution is -0.185. The number of hydrogen-bond donors (Lipinski definition) is 1. The van der Waals surface area contributed by atoms with Gasteiger partial charge in [-0.2, -0.15) is 18.3 Å². The molecule has 4 aromatic rings. The van der Waals surface area contributed by atoms with E-state index in [2.05, 4.69) is 20.4 Å². The Hall–Kier alpha value is -4.36. The maximum Gasteiger partial charge on any atom is 0.471 e. The first-order valence-corrected chi connectivity index (χ1v) is 11.5. The molecule has 5 heterocycles. The molecule has 0 aromatic carbocycles. The van der Waals surface area contributed by atoms with Crippen LogP contribution in [0.3, 0.4) is 0 Å². The molecular formula is C23H23F3N8O3. The van der Waals surface area contributed by atoms with E-state index < -0.39 is 18.0 Å². The van der Waals surface area contributed by atoms with Crippen molar-refractivity contribution in [3.8, 4) is 5.75 Å². The van der Waals surface area contributed by atoms with Crippen molar-refractivity contribution < 1.29 is 27.5 Å². The first kappa shape index (κ1) is 24.3. The van der Waals surface area contributed by atoms with E-state index in [1.807, 2.05) is 13.8 Å². The molecule has 0 spiro atoms. The number of nitrogens with zero attached hydrogens (tertiary/aromatic N) is 7. The van der Waals surface area contributed by atoms with Crippen molar-refractivity contribution in [2.24, 2.45) is 0 Å². The lowest BCUT2D eigenvalue weighted by atomic mass is 10.3. The molecule has 1 fully saturated rings. The van der Waals surface area contributed by atoms with Crippen LogP contribution in [0.5, 0.6) is 5.75 Å². The Bertz CT molecular complexity index is 1470. The second-order valence-electron chi connectivity index (χ2n) is 8.76. The second kappa shape index (κ2) is 9.26. The summed E-state index contributed by atoms with van der Waals surface area (Å²) in [6.45, 7) is 3.97. The highest BCUT2D eigenvalue weighted by Crippen LogP contribution is 2.30. The molecule has 1 N–H and O–H groups in total. The second-order valence-corrected chi connectivity index (χ2v) is 8.76. The molecule has 0 unspecified atom stereocenters. The van der Waals surface area contributed by atoms with Crippen LogP contribution in [-0.4, -0.2) is 79.2 Å². The fourth-order valence-corrected chi connectivity index (χ4v) is 4.10. The number of fused-ring (bicyclic) bond motifs is 2. The smallest absolute Gasteiger partial charge is 0.471 e. The van der Waals surface area contributed by atoms with Crippen molar-refractivity contribution >= 4 is 34.6 Å². The van der Waals surface area contributed by atoms with Gasteiger partial charge in [0.2, 0.25) is 0 Å². The summed E-state index contributed by atoms with van der Waals surface area (Å²) < 4.78 is 47.3. The van der Waals surface area contributed by atoms with E-state index in [9.17, 15) is 22.8 Å². The molecule has 14 heteroatoms. The summed E-state index contributed by atoms with van der Waals surface area (Å²) in [6, 6.07) is 3.38. The number of carbonyl (C=O) groups is 2. The van der Waals surface area contributed by atoms with Gasteiger partial charge in [-0.3, -0.25) is 9.59 Å². The molecule has 37 heavy (non-hydrogen) atoms. The number of rotatable bonds is 5. The van der Waals surface area contributed by atoms with E-state index in [-0.39, 0.29) is 37.8 Å². The predicted molar refractivity (Wildman–Crippen MR) is 127 cm³/mol. The molecule has 0 atom stereocenters. The normalized spacial score (nSPS) is 14.5. The molecule has 0 aliphatic carbocycles. The van der Waals surface area contributed by atoms with Crippen LogP contribution in [0, 0.1) is 0 Å². The van der Waals surface area contributed by atoms with Gasteiger partial charge in [-0.25, -0.2) is 14.5 Å². The summed E-state index contributed by atoms with van der Waals surface area (Å²) >= 11 is 0. The number of anilines is 2. The van der Waals surface area contributed by atoms with Crippen LogP contribution >= 0.6 is 0 Å². The summed E-state index contributed by atoms with van der Waals surface area (Å²) in [6.07, 6.45) is 2.97. The number of pyridine rings is 1. The minimum absolute atomic E-state index is 0.0665. The molecule has 1 aliphatic rings. The number of ether oxygens (including phenoxy) is 1. The highest BCUT2D eigenvalue weighted by Gasteiger charge is 2.43. The fraction of sp³-hybridized carbons (Fsp3) is 0.348. The maximum atomic E-state index is 13.1. The molecule has 4 aromatic heterocycles. The maximum absolute atomic E-state index is 13.1. The Kier molecular flexibility index (Phi) is 6.09. The Labute approximate surface area is 208 Å². The standard InChI is InChI=1S/C23H23F3N8O3/c1-14(2)37-17-10-18-30-19(31-6-8-32(9-7-31)22(36)23(24,25)26)13-33(18)12-16(17)29-21(35)15-11-28-34-5-3-4-27-20(15)34/h3-5,10-14H,6-9H2,1-2H3,(H,29,35). The van der Waals surface area contributed by atoms with Crippen molar-refractivity contribution in [1.82, 2.24) is 28.9 Å². The van der Waals surface area contributed by atoms with Gasteiger partial charge in [-0.1, -0.05) is 0 Å². The zero-order valence-electron chi connectivity index (χ0n) is 19.9. The van der Waals surface area contributed by atoms with Crippen LogP contribution in [0.1, 0.15) is 24.2 Å². The Morgan fingerprint density at radius 2 is 1.89 bits per heavy atom. The number of carbonyl (C=O) groups excluding carboxylic acids is 2. The van der Waals surface area contributed by atoms with E-state index in [1.54, 1.807) is 46.2 Å². The van der Waals surface area contributed by atoms with E-state index in [0.717, 1.165) is 4.90 Å². The van der Waals surface area contributed by atoms with Gasteiger partial charge in [0.15, 0.2) is 5.65 Å². The van der Waals surface area contributed by atoms with Crippen LogP contribution in [0.15, 0.2) is 43.1 Å². The molecule has 11 nitrogen and oxygen atoms in total. The largest absolute Gasteiger partial charge is 0.489 e. The van der Waals surface area contributed by atoms with Crippen molar-refractivity contribution in [2.45, 2.75) is 26.1 Å². The summed E-state index contributed by atoms with van der Waals surface area (Å²) in [4.78, 5) is 36.0. The lowest BCUT2D eigenvalue weighted by Gasteiger charge is -2.35. The monoisotopic (exact) mass is 516 g/mol. The van der Waals surface area contributed by atoms with Crippen LogP contribution < -0.4 is 15.0 Å². The lowest BCUT2D eigenvalue weighted by Crippen LogP contribution is -2.52. The Morgan fingerprint density at radius 3 is 2.59 bits per heavy atom. The number of halogens is 3. The van der Waals surface area contributed by atoms with Crippen LogP contribution in [0.25, 0.3) is 11.3 Å². The van der Waals surface area contributed by atoms with Gasteiger partial charge < -0.3 is 24.3 Å². The number of nitrogens with one attached hydrogen (secondary N) is 1. The molecule has 5 rings (SSSR count). The van der Waals surface area contributed by atoms with Crippen molar-refractivity contribution in [2.75, 3.05) is 36.4 Å². The number of amides is 2. The highest BCUT2D eigenvalue weighted by molar-refractivity contribution is 6.08. The summed E-state index contributed by atoms with van der Waals surface area (Å²) in [5.74, 6) is -1.32. The van der Waals surface area contributed by atoms with Gasteiger partial charge >= 0.3 is 12.1 Å².